The van der Waals surface area contributed by atoms with Crippen LogP contribution in [0, 0.1) is 5.92 Å². The van der Waals surface area contributed by atoms with E-state index in [-0.39, 0.29) is 23.7 Å². The highest BCUT2D eigenvalue weighted by Crippen LogP contribution is 2.34. The molecule has 2 aromatic rings. The van der Waals surface area contributed by atoms with Gasteiger partial charge in [0.15, 0.2) is 0 Å². The summed E-state index contributed by atoms with van der Waals surface area (Å²) in [5.41, 5.74) is 2.18. The summed E-state index contributed by atoms with van der Waals surface area (Å²) < 4.78 is 0. The maximum Gasteiger partial charge on any atom is 0.229 e. The Kier molecular flexibility index (Phi) is 6.21. The average molecular weight is 387 g/mol. The molecule has 27 heavy (non-hydrogen) atoms. The number of nitrogens with zero attached hydrogens (tertiary/aromatic N) is 3. The van der Waals surface area contributed by atoms with Gasteiger partial charge in [-0.1, -0.05) is 50.7 Å². The summed E-state index contributed by atoms with van der Waals surface area (Å²) in [6.07, 6.45) is 3.22. The predicted molar refractivity (Wildman–Crippen MR) is 108 cm³/mol. The van der Waals surface area contributed by atoms with Gasteiger partial charge >= 0.3 is 0 Å². The summed E-state index contributed by atoms with van der Waals surface area (Å²) in [6, 6.07) is 8.12. The lowest BCUT2D eigenvalue weighted by Crippen LogP contribution is -2.24. The molecule has 1 aromatic heterocycles. The van der Waals surface area contributed by atoms with Gasteiger partial charge in [0.25, 0.3) is 0 Å². The lowest BCUT2D eigenvalue weighted by molar-refractivity contribution is -0.119. The van der Waals surface area contributed by atoms with Crippen LogP contribution in [0.4, 0.5) is 10.8 Å². The van der Waals surface area contributed by atoms with Gasteiger partial charge in [-0.3, -0.25) is 9.59 Å². The van der Waals surface area contributed by atoms with E-state index in [1.54, 1.807) is 0 Å². The molecular formula is C20H26N4O2S. The molecule has 1 fully saturated rings. The Bertz CT molecular complexity index is 803. The highest BCUT2D eigenvalue weighted by atomic mass is 32.1. The van der Waals surface area contributed by atoms with Gasteiger partial charge in [-0.15, -0.1) is 10.2 Å². The van der Waals surface area contributed by atoms with Gasteiger partial charge in [-0.2, -0.15) is 0 Å². The van der Waals surface area contributed by atoms with Crippen LogP contribution in [-0.4, -0.2) is 28.6 Å². The van der Waals surface area contributed by atoms with Crippen molar-refractivity contribution in [3.63, 3.8) is 0 Å². The number of benzene rings is 1. The van der Waals surface area contributed by atoms with E-state index in [0.717, 1.165) is 30.0 Å². The first-order chi connectivity index (χ1) is 13.0. The zero-order chi connectivity index (χ0) is 19.4. The van der Waals surface area contributed by atoms with Crippen molar-refractivity contribution in [1.29, 1.82) is 0 Å². The van der Waals surface area contributed by atoms with Crippen LogP contribution in [0.1, 0.15) is 56.5 Å². The van der Waals surface area contributed by atoms with E-state index in [1.165, 1.54) is 16.9 Å². The van der Waals surface area contributed by atoms with Crippen molar-refractivity contribution in [2.45, 2.75) is 52.4 Å². The molecule has 2 atom stereocenters. The quantitative estimate of drug-likeness (QED) is 0.780. The number of anilines is 2. The standard InChI is InChI=1S/C20H26N4O2S/c1-4-6-13(3)18(26)21-20-23-22-19(27-20)15-11-17(25)24(12-15)16-9-7-14(5-2)8-10-16/h7-10,13,15H,4-6,11-12H2,1-3H3,(H,21,23,26). The minimum Gasteiger partial charge on any atom is -0.312 e. The lowest BCUT2D eigenvalue weighted by atomic mass is 10.1. The van der Waals surface area contributed by atoms with E-state index in [2.05, 4.69) is 41.5 Å². The van der Waals surface area contributed by atoms with Gasteiger partial charge in [0, 0.05) is 30.5 Å². The molecule has 2 amide bonds. The van der Waals surface area contributed by atoms with Crippen molar-refractivity contribution in [2.24, 2.45) is 5.92 Å². The maximum atomic E-state index is 12.5. The minimum atomic E-state index is -0.0445. The molecule has 0 radical (unpaired) electrons. The van der Waals surface area contributed by atoms with Gasteiger partial charge in [-0.25, -0.2) is 0 Å². The Hall–Kier alpha value is -2.28. The van der Waals surface area contributed by atoms with Crippen molar-refractivity contribution < 1.29 is 9.59 Å². The van der Waals surface area contributed by atoms with Crippen LogP contribution in [-0.2, 0) is 16.0 Å². The van der Waals surface area contributed by atoms with Gasteiger partial charge in [0.05, 0.1) is 0 Å². The molecule has 144 valence electrons. The molecule has 6 nitrogen and oxygen atoms in total. The topological polar surface area (TPSA) is 75.2 Å². The molecule has 1 N–H and O–H groups in total. The van der Waals surface area contributed by atoms with Crippen LogP contribution in [0.15, 0.2) is 24.3 Å². The molecule has 7 heteroatoms. The molecule has 1 aromatic carbocycles. The fraction of sp³-hybridized carbons (Fsp3) is 0.500. The van der Waals surface area contributed by atoms with Crippen molar-refractivity contribution in [3.8, 4) is 0 Å². The van der Waals surface area contributed by atoms with E-state index in [0.29, 0.717) is 18.1 Å². The van der Waals surface area contributed by atoms with E-state index < -0.39 is 0 Å². The van der Waals surface area contributed by atoms with E-state index in [1.807, 2.05) is 24.0 Å². The third-order valence-electron chi connectivity index (χ3n) is 4.97. The number of nitrogens with one attached hydrogen (secondary N) is 1. The molecule has 0 aliphatic carbocycles. The molecule has 0 bridgehead atoms. The minimum absolute atomic E-state index is 0.0135. The van der Waals surface area contributed by atoms with Crippen molar-refractivity contribution >= 4 is 34.0 Å². The molecule has 2 heterocycles. The normalized spacial score (nSPS) is 18.0. The second-order valence-electron chi connectivity index (χ2n) is 7.05. The number of hydrogen-bond donors (Lipinski definition) is 1. The number of hydrogen-bond acceptors (Lipinski definition) is 5. The largest absolute Gasteiger partial charge is 0.312 e. The van der Waals surface area contributed by atoms with Crippen LogP contribution in [0.2, 0.25) is 0 Å². The first kappa shape index (κ1) is 19.5. The zero-order valence-electron chi connectivity index (χ0n) is 16.1. The second-order valence-corrected chi connectivity index (χ2v) is 8.06. The van der Waals surface area contributed by atoms with Crippen molar-refractivity contribution in [1.82, 2.24) is 10.2 Å². The van der Waals surface area contributed by atoms with Crippen LogP contribution in [0.5, 0.6) is 0 Å². The number of amides is 2. The van der Waals surface area contributed by atoms with Crippen molar-refractivity contribution in [3.05, 3.63) is 34.8 Å². The smallest absolute Gasteiger partial charge is 0.229 e. The highest BCUT2D eigenvalue weighted by Gasteiger charge is 2.34. The Labute approximate surface area is 164 Å². The third-order valence-corrected chi connectivity index (χ3v) is 5.97. The summed E-state index contributed by atoms with van der Waals surface area (Å²) in [5, 5.41) is 12.5. The fourth-order valence-corrected chi connectivity index (χ4v) is 4.11. The first-order valence-electron chi connectivity index (χ1n) is 9.55. The Morgan fingerprint density at radius 3 is 2.70 bits per heavy atom. The molecule has 0 saturated carbocycles. The van der Waals surface area contributed by atoms with Crippen LogP contribution < -0.4 is 10.2 Å². The average Bonchev–Trinajstić information content (AvgIpc) is 3.28. The van der Waals surface area contributed by atoms with Crippen molar-refractivity contribution in [2.75, 3.05) is 16.8 Å². The molecule has 0 spiro atoms. The van der Waals surface area contributed by atoms with E-state index in [4.69, 9.17) is 0 Å². The fourth-order valence-electron chi connectivity index (χ4n) is 3.28. The van der Waals surface area contributed by atoms with E-state index >= 15 is 0 Å². The Morgan fingerprint density at radius 1 is 1.30 bits per heavy atom. The number of aryl methyl sites for hydroxylation is 1. The molecular weight excluding hydrogens is 360 g/mol. The number of carbonyl (C=O) groups excluding carboxylic acids is 2. The lowest BCUT2D eigenvalue weighted by Gasteiger charge is -2.16. The zero-order valence-corrected chi connectivity index (χ0v) is 16.9. The van der Waals surface area contributed by atoms with Gasteiger partial charge < -0.3 is 10.2 Å². The molecule has 2 unspecified atom stereocenters. The Morgan fingerprint density at radius 2 is 2.04 bits per heavy atom. The van der Waals surface area contributed by atoms with Gasteiger partial charge in [0.2, 0.25) is 16.9 Å². The maximum absolute atomic E-state index is 12.5. The summed E-state index contributed by atoms with van der Waals surface area (Å²) in [6.45, 7) is 6.68. The second kappa shape index (κ2) is 8.61. The van der Waals surface area contributed by atoms with E-state index in [9.17, 15) is 9.59 Å². The van der Waals surface area contributed by atoms with Gasteiger partial charge in [-0.05, 0) is 30.5 Å². The molecule has 1 aliphatic rings. The van der Waals surface area contributed by atoms with Crippen LogP contribution in [0.25, 0.3) is 0 Å². The summed E-state index contributed by atoms with van der Waals surface area (Å²) >= 11 is 1.37. The summed E-state index contributed by atoms with van der Waals surface area (Å²) in [5.74, 6) is 0.0397. The van der Waals surface area contributed by atoms with Gasteiger partial charge in [0.1, 0.15) is 5.01 Å². The number of aromatic nitrogens is 2. The predicted octanol–water partition coefficient (Wildman–Crippen LogP) is 4.00. The van der Waals surface area contributed by atoms with Crippen LogP contribution in [0.3, 0.4) is 0 Å². The summed E-state index contributed by atoms with van der Waals surface area (Å²) in [4.78, 5) is 26.4. The Balaban J connectivity index is 1.65. The molecule has 1 aliphatic heterocycles. The third kappa shape index (κ3) is 4.53. The summed E-state index contributed by atoms with van der Waals surface area (Å²) in [7, 11) is 0. The SMILES string of the molecule is CCCC(C)C(=O)Nc1nnc(C2CC(=O)N(c3ccc(CC)cc3)C2)s1. The molecule has 3 rings (SSSR count). The van der Waals surface area contributed by atoms with Crippen LogP contribution >= 0.6 is 11.3 Å². The first-order valence-corrected chi connectivity index (χ1v) is 10.4. The molecule has 1 saturated heterocycles. The highest BCUT2D eigenvalue weighted by molar-refractivity contribution is 7.15. The monoisotopic (exact) mass is 386 g/mol. The number of rotatable bonds is 7. The number of carbonyl (C=O) groups is 2.